The lowest BCUT2D eigenvalue weighted by molar-refractivity contribution is -0.137. The van der Waals surface area contributed by atoms with Crippen LogP contribution in [0.5, 0.6) is 0 Å². The second kappa shape index (κ2) is 4.34. The highest BCUT2D eigenvalue weighted by molar-refractivity contribution is 7.93. The van der Waals surface area contributed by atoms with Gasteiger partial charge in [0.25, 0.3) is 0 Å². The van der Waals surface area contributed by atoms with E-state index in [0.717, 1.165) is 4.72 Å². The van der Waals surface area contributed by atoms with Crippen LogP contribution in [0.2, 0.25) is 0 Å². The number of nitrogens with one attached hydrogen (secondary N) is 1. The van der Waals surface area contributed by atoms with Gasteiger partial charge in [-0.15, -0.1) is 0 Å². The SMILES string of the molecule is O=S(=O)(Nc1ccc(C(F)(F)F)cc1)C(F)(F)F. The van der Waals surface area contributed by atoms with Gasteiger partial charge >= 0.3 is 21.7 Å². The zero-order valence-electron chi connectivity index (χ0n) is 8.30. The van der Waals surface area contributed by atoms with Gasteiger partial charge < -0.3 is 0 Å². The van der Waals surface area contributed by atoms with E-state index in [1.54, 1.807) is 0 Å². The van der Waals surface area contributed by atoms with Gasteiger partial charge in [-0.2, -0.15) is 34.8 Å². The van der Waals surface area contributed by atoms with Crippen LogP contribution < -0.4 is 4.72 Å². The molecule has 0 atom stereocenters. The Balaban J connectivity index is 2.96. The number of hydrogen-bond donors (Lipinski definition) is 1. The predicted octanol–water partition coefficient (Wildman–Crippen LogP) is 2.97. The Labute approximate surface area is 97.5 Å². The topological polar surface area (TPSA) is 46.2 Å². The quantitative estimate of drug-likeness (QED) is 0.852. The molecule has 0 saturated heterocycles. The zero-order valence-corrected chi connectivity index (χ0v) is 9.12. The highest BCUT2D eigenvalue weighted by Crippen LogP contribution is 2.31. The van der Waals surface area contributed by atoms with Gasteiger partial charge in [0.15, 0.2) is 0 Å². The van der Waals surface area contributed by atoms with E-state index in [4.69, 9.17) is 0 Å². The number of anilines is 1. The molecule has 0 aromatic heterocycles. The number of hydrogen-bond acceptors (Lipinski definition) is 2. The molecule has 0 radical (unpaired) electrons. The fourth-order valence-electron chi connectivity index (χ4n) is 0.940. The van der Waals surface area contributed by atoms with Crippen molar-refractivity contribution in [1.82, 2.24) is 0 Å². The van der Waals surface area contributed by atoms with Crippen LogP contribution in [0.4, 0.5) is 32.0 Å². The Kier molecular flexibility index (Phi) is 3.52. The van der Waals surface area contributed by atoms with Crippen molar-refractivity contribution in [3.63, 3.8) is 0 Å². The summed E-state index contributed by atoms with van der Waals surface area (Å²) in [5.74, 6) is 0. The normalized spacial score (nSPS) is 13.4. The van der Waals surface area contributed by atoms with Crippen molar-refractivity contribution in [2.24, 2.45) is 0 Å². The Hall–Kier alpha value is -1.45. The molecule has 18 heavy (non-hydrogen) atoms. The molecule has 3 nitrogen and oxygen atoms in total. The smallest absolute Gasteiger partial charge is 0.276 e. The van der Waals surface area contributed by atoms with Crippen LogP contribution in [0.25, 0.3) is 0 Å². The molecule has 0 unspecified atom stereocenters. The van der Waals surface area contributed by atoms with Gasteiger partial charge in [0, 0.05) is 5.69 Å². The Morgan fingerprint density at radius 1 is 0.889 bits per heavy atom. The molecular formula is C8H5F6NO2S. The summed E-state index contributed by atoms with van der Waals surface area (Å²) in [7, 11) is -5.63. The molecule has 10 heteroatoms. The van der Waals surface area contributed by atoms with Gasteiger partial charge in [0.1, 0.15) is 0 Å². The minimum absolute atomic E-state index is 0.466. The van der Waals surface area contributed by atoms with E-state index in [1.165, 1.54) is 0 Å². The third-order valence-corrected chi connectivity index (χ3v) is 2.88. The van der Waals surface area contributed by atoms with E-state index in [-0.39, 0.29) is 0 Å². The van der Waals surface area contributed by atoms with E-state index in [2.05, 4.69) is 0 Å². The maximum absolute atomic E-state index is 12.1. The molecule has 0 aliphatic carbocycles. The first-order valence-corrected chi connectivity index (χ1v) is 5.68. The summed E-state index contributed by atoms with van der Waals surface area (Å²) < 4.78 is 94.7. The van der Waals surface area contributed by atoms with Crippen LogP contribution in [-0.4, -0.2) is 13.9 Å². The Morgan fingerprint density at radius 3 is 1.67 bits per heavy atom. The Morgan fingerprint density at radius 2 is 1.33 bits per heavy atom. The molecule has 0 amide bonds. The number of sulfonamides is 1. The number of benzene rings is 1. The van der Waals surface area contributed by atoms with Crippen molar-refractivity contribution >= 4 is 15.7 Å². The van der Waals surface area contributed by atoms with Crippen molar-refractivity contribution in [2.75, 3.05) is 4.72 Å². The third-order valence-electron chi connectivity index (χ3n) is 1.77. The lowest BCUT2D eigenvalue weighted by Crippen LogP contribution is -2.29. The van der Waals surface area contributed by atoms with Gasteiger partial charge in [0.05, 0.1) is 5.56 Å². The first-order valence-electron chi connectivity index (χ1n) is 4.20. The highest BCUT2D eigenvalue weighted by atomic mass is 32.2. The standard InChI is InChI=1S/C8H5F6NO2S/c9-7(10,11)5-1-3-6(4-2-5)15-18(16,17)8(12,13)14/h1-4,15H. The number of alkyl halides is 6. The summed E-state index contributed by atoms with van der Waals surface area (Å²) >= 11 is 0. The lowest BCUT2D eigenvalue weighted by Gasteiger charge is -2.11. The van der Waals surface area contributed by atoms with Gasteiger partial charge in [-0.05, 0) is 24.3 Å². The molecule has 1 rings (SSSR count). The van der Waals surface area contributed by atoms with Crippen molar-refractivity contribution in [2.45, 2.75) is 11.7 Å². The summed E-state index contributed by atoms with van der Waals surface area (Å²) in [6, 6.07) is 2.11. The summed E-state index contributed by atoms with van der Waals surface area (Å²) in [6.45, 7) is 0. The predicted molar refractivity (Wildman–Crippen MR) is 50.0 cm³/mol. The van der Waals surface area contributed by atoms with E-state index in [1.807, 2.05) is 0 Å². The maximum atomic E-state index is 12.1. The molecule has 0 fully saturated rings. The van der Waals surface area contributed by atoms with Crippen molar-refractivity contribution in [3.8, 4) is 0 Å². The number of rotatable bonds is 2. The van der Waals surface area contributed by atoms with Gasteiger partial charge in [-0.25, -0.2) is 0 Å². The Bertz CT molecular complexity index is 516. The molecule has 1 aromatic rings. The monoisotopic (exact) mass is 293 g/mol. The third kappa shape index (κ3) is 3.28. The van der Waals surface area contributed by atoms with Crippen LogP contribution in [-0.2, 0) is 16.2 Å². The molecule has 0 aliphatic heterocycles. The van der Waals surface area contributed by atoms with Crippen molar-refractivity contribution in [1.29, 1.82) is 0 Å². The summed E-state index contributed by atoms with van der Waals surface area (Å²) in [6.07, 6.45) is -4.65. The molecular weight excluding hydrogens is 288 g/mol. The lowest BCUT2D eigenvalue weighted by atomic mass is 10.2. The van der Waals surface area contributed by atoms with Crippen LogP contribution in [0.3, 0.4) is 0 Å². The van der Waals surface area contributed by atoms with Gasteiger partial charge in [0.2, 0.25) is 0 Å². The minimum Gasteiger partial charge on any atom is -0.276 e. The van der Waals surface area contributed by atoms with Crippen molar-refractivity contribution < 1.29 is 34.8 Å². The van der Waals surface area contributed by atoms with Crippen LogP contribution in [0.1, 0.15) is 5.56 Å². The molecule has 0 heterocycles. The van der Waals surface area contributed by atoms with E-state index in [9.17, 15) is 34.8 Å². The average molecular weight is 293 g/mol. The first-order chi connectivity index (χ1) is 7.93. The molecule has 1 aromatic carbocycles. The second-order valence-electron chi connectivity index (χ2n) is 3.13. The maximum Gasteiger partial charge on any atom is 0.516 e. The van der Waals surface area contributed by atoms with Gasteiger partial charge in [-0.3, -0.25) is 4.72 Å². The minimum atomic E-state index is -5.63. The molecule has 102 valence electrons. The van der Waals surface area contributed by atoms with Gasteiger partial charge in [-0.1, -0.05) is 0 Å². The average Bonchev–Trinajstić information content (AvgIpc) is 2.14. The fourth-order valence-corrected chi connectivity index (χ4v) is 1.50. The van der Waals surface area contributed by atoms with E-state index >= 15 is 0 Å². The molecule has 0 saturated carbocycles. The summed E-state index contributed by atoms with van der Waals surface area (Å²) in [5.41, 5.74) is -7.24. The molecule has 0 aliphatic rings. The highest BCUT2D eigenvalue weighted by Gasteiger charge is 2.46. The molecule has 0 spiro atoms. The summed E-state index contributed by atoms with van der Waals surface area (Å²) in [5, 5.41) is 0. The largest absolute Gasteiger partial charge is 0.516 e. The molecule has 0 bridgehead atoms. The van der Waals surface area contributed by atoms with Crippen molar-refractivity contribution in [3.05, 3.63) is 29.8 Å². The molecule has 1 N–H and O–H groups in total. The van der Waals surface area contributed by atoms with Crippen LogP contribution in [0, 0.1) is 0 Å². The van der Waals surface area contributed by atoms with Crippen LogP contribution >= 0.6 is 0 Å². The summed E-state index contributed by atoms with van der Waals surface area (Å²) in [4.78, 5) is 0. The van der Waals surface area contributed by atoms with Crippen LogP contribution in [0.15, 0.2) is 24.3 Å². The second-order valence-corrected chi connectivity index (χ2v) is 4.80. The zero-order chi connectivity index (χ0) is 14.2. The first kappa shape index (κ1) is 14.6. The number of halogens is 6. The van der Waals surface area contributed by atoms with E-state index < -0.39 is 33.0 Å². The van der Waals surface area contributed by atoms with E-state index in [0.29, 0.717) is 24.3 Å². The fraction of sp³-hybridized carbons (Fsp3) is 0.250.